The minimum atomic E-state index is -0.422. The van der Waals surface area contributed by atoms with Crippen molar-refractivity contribution in [3.05, 3.63) is 28.5 Å². The van der Waals surface area contributed by atoms with E-state index in [1.165, 1.54) is 12.5 Å². The number of benzene rings is 1. The predicted molar refractivity (Wildman–Crippen MR) is 77.6 cm³/mol. The van der Waals surface area contributed by atoms with Gasteiger partial charge in [0.15, 0.2) is 0 Å². The largest absolute Gasteiger partial charge is 0.322 e. The molecule has 0 aliphatic carbocycles. The molecule has 1 aromatic rings. The van der Waals surface area contributed by atoms with E-state index in [1.54, 1.807) is 12.1 Å². The van der Waals surface area contributed by atoms with Gasteiger partial charge in [-0.2, -0.15) is 0 Å². The van der Waals surface area contributed by atoms with Gasteiger partial charge < -0.3 is 5.32 Å². The lowest BCUT2D eigenvalue weighted by atomic mass is 10.0. The summed E-state index contributed by atoms with van der Waals surface area (Å²) >= 11 is 3.19. The van der Waals surface area contributed by atoms with Crippen molar-refractivity contribution in [2.75, 3.05) is 18.4 Å². The quantitative estimate of drug-likeness (QED) is 0.922. The lowest BCUT2D eigenvalue weighted by Crippen LogP contribution is -2.42. The first-order valence-corrected chi connectivity index (χ1v) is 7.34. The Labute approximate surface area is 121 Å². The molecule has 0 aromatic heterocycles. The molecule has 0 bridgehead atoms. The van der Waals surface area contributed by atoms with Gasteiger partial charge in [0.05, 0.1) is 12.2 Å². The monoisotopic (exact) mass is 328 g/mol. The highest BCUT2D eigenvalue weighted by molar-refractivity contribution is 9.10. The zero-order valence-electron chi connectivity index (χ0n) is 11.0. The number of halogens is 2. The Morgan fingerprint density at radius 1 is 1.53 bits per heavy atom. The molecule has 1 aromatic carbocycles. The molecule has 1 N–H and O–H groups in total. The normalized spacial score (nSPS) is 20.3. The van der Waals surface area contributed by atoms with E-state index in [1.807, 2.05) is 0 Å². The molecule has 1 atom stereocenters. The maximum atomic E-state index is 13.6. The van der Waals surface area contributed by atoms with Crippen LogP contribution in [0.5, 0.6) is 0 Å². The van der Waals surface area contributed by atoms with E-state index in [0.717, 1.165) is 19.4 Å². The lowest BCUT2D eigenvalue weighted by Gasteiger charge is -2.32. The molecule has 1 saturated heterocycles. The molecule has 3 nitrogen and oxygen atoms in total. The van der Waals surface area contributed by atoms with Gasteiger partial charge in [-0.15, -0.1) is 0 Å². The number of carbonyl (C=O) groups excluding carboxylic acids is 1. The molecule has 19 heavy (non-hydrogen) atoms. The highest BCUT2D eigenvalue weighted by atomic mass is 79.9. The molecular formula is C14H18BrFN2O. The number of rotatable bonds is 3. The number of amides is 1. The van der Waals surface area contributed by atoms with Gasteiger partial charge in [-0.25, -0.2) is 4.39 Å². The third-order valence-corrected chi connectivity index (χ3v) is 3.99. The molecule has 2 rings (SSSR count). The average Bonchev–Trinajstić information content (AvgIpc) is 2.36. The molecule has 0 radical (unpaired) electrons. The summed E-state index contributed by atoms with van der Waals surface area (Å²) in [5.41, 5.74) is 0.234. The Kier molecular flexibility index (Phi) is 4.93. The topological polar surface area (TPSA) is 32.3 Å². The maximum absolute atomic E-state index is 13.6. The molecule has 0 unspecified atom stereocenters. The SMILES string of the molecule is C[C@H]1CCCCN1CC(=O)Nc1ccc(Br)cc1F. The minimum absolute atomic E-state index is 0.157. The fraction of sp³-hybridized carbons (Fsp3) is 0.500. The van der Waals surface area contributed by atoms with E-state index in [9.17, 15) is 9.18 Å². The summed E-state index contributed by atoms with van der Waals surface area (Å²) in [7, 11) is 0. The number of nitrogens with one attached hydrogen (secondary N) is 1. The molecule has 5 heteroatoms. The van der Waals surface area contributed by atoms with Crippen LogP contribution < -0.4 is 5.32 Å². The van der Waals surface area contributed by atoms with E-state index in [0.29, 0.717) is 17.1 Å². The van der Waals surface area contributed by atoms with Gasteiger partial charge in [0, 0.05) is 10.5 Å². The van der Waals surface area contributed by atoms with Crippen LogP contribution in [0, 0.1) is 5.82 Å². The van der Waals surface area contributed by atoms with Crippen molar-refractivity contribution in [1.82, 2.24) is 4.90 Å². The fourth-order valence-electron chi connectivity index (χ4n) is 2.36. The smallest absolute Gasteiger partial charge is 0.238 e. The summed E-state index contributed by atoms with van der Waals surface area (Å²) in [6.45, 7) is 3.40. The fourth-order valence-corrected chi connectivity index (χ4v) is 2.69. The first-order chi connectivity index (χ1) is 9.06. The van der Waals surface area contributed by atoms with Crippen molar-refractivity contribution in [3.8, 4) is 0 Å². The summed E-state index contributed by atoms with van der Waals surface area (Å²) < 4.78 is 14.3. The number of likely N-dealkylation sites (tertiary alicyclic amines) is 1. The van der Waals surface area contributed by atoms with Gasteiger partial charge in [-0.05, 0) is 44.5 Å². The maximum Gasteiger partial charge on any atom is 0.238 e. The zero-order chi connectivity index (χ0) is 13.8. The average molecular weight is 329 g/mol. The second kappa shape index (κ2) is 6.48. The van der Waals surface area contributed by atoms with Gasteiger partial charge in [-0.3, -0.25) is 9.69 Å². The van der Waals surface area contributed by atoms with Crippen molar-refractivity contribution in [3.63, 3.8) is 0 Å². The Bertz CT molecular complexity index is 467. The van der Waals surface area contributed by atoms with E-state index in [4.69, 9.17) is 0 Å². The second-order valence-corrected chi connectivity index (χ2v) is 5.90. The van der Waals surface area contributed by atoms with Crippen LogP contribution in [-0.4, -0.2) is 29.9 Å². The van der Waals surface area contributed by atoms with Gasteiger partial charge >= 0.3 is 0 Å². The minimum Gasteiger partial charge on any atom is -0.322 e. The molecule has 1 fully saturated rings. The Morgan fingerprint density at radius 2 is 2.32 bits per heavy atom. The summed E-state index contributed by atoms with van der Waals surface area (Å²) in [6.07, 6.45) is 3.48. The van der Waals surface area contributed by atoms with E-state index >= 15 is 0 Å². The molecule has 1 aliphatic rings. The third-order valence-electron chi connectivity index (χ3n) is 3.49. The van der Waals surface area contributed by atoms with Crippen LogP contribution in [0.4, 0.5) is 10.1 Å². The second-order valence-electron chi connectivity index (χ2n) is 4.99. The van der Waals surface area contributed by atoms with Crippen LogP contribution in [0.25, 0.3) is 0 Å². The van der Waals surface area contributed by atoms with Crippen molar-refractivity contribution in [2.24, 2.45) is 0 Å². The molecule has 0 saturated carbocycles. The standard InChI is InChI=1S/C14H18BrFN2O/c1-10-4-2-3-7-18(10)9-14(19)17-13-6-5-11(15)8-12(13)16/h5-6,8,10H,2-4,7,9H2,1H3,(H,17,19)/t10-/m0/s1. The van der Waals surface area contributed by atoms with Crippen LogP contribution in [0.1, 0.15) is 26.2 Å². The van der Waals surface area contributed by atoms with Crippen LogP contribution in [0.2, 0.25) is 0 Å². The number of carbonyl (C=O) groups is 1. The van der Waals surface area contributed by atoms with Gasteiger partial charge in [0.25, 0.3) is 0 Å². The summed E-state index contributed by atoms with van der Waals surface area (Å²) in [5, 5.41) is 2.63. The van der Waals surface area contributed by atoms with Gasteiger partial charge in [-0.1, -0.05) is 22.4 Å². The van der Waals surface area contributed by atoms with E-state index in [2.05, 4.69) is 33.1 Å². The van der Waals surface area contributed by atoms with Crippen LogP contribution in [0.3, 0.4) is 0 Å². The van der Waals surface area contributed by atoms with Crippen LogP contribution in [-0.2, 0) is 4.79 Å². The highest BCUT2D eigenvalue weighted by Crippen LogP contribution is 2.20. The highest BCUT2D eigenvalue weighted by Gasteiger charge is 2.20. The van der Waals surface area contributed by atoms with Crippen LogP contribution in [0.15, 0.2) is 22.7 Å². The molecular weight excluding hydrogens is 311 g/mol. The van der Waals surface area contributed by atoms with Gasteiger partial charge in [0.1, 0.15) is 5.82 Å². The molecule has 1 heterocycles. The van der Waals surface area contributed by atoms with Crippen molar-refractivity contribution >= 4 is 27.5 Å². The molecule has 104 valence electrons. The van der Waals surface area contributed by atoms with Gasteiger partial charge in [0.2, 0.25) is 5.91 Å². The first-order valence-electron chi connectivity index (χ1n) is 6.55. The van der Waals surface area contributed by atoms with Crippen molar-refractivity contribution in [1.29, 1.82) is 0 Å². The van der Waals surface area contributed by atoms with Crippen molar-refractivity contribution < 1.29 is 9.18 Å². The number of hydrogen-bond donors (Lipinski definition) is 1. The Morgan fingerprint density at radius 3 is 3.00 bits per heavy atom. The third kappa shape index (κ3) is 4.01. The lowest BCUT2D eigenvalue weighted by molar-refractivity contribution is -0.118. The zero-order valence-corrected chi connectivity index (χ0v) is 12.5. The molecule has 1 amide bonds. The number of anilines is 1. The van der Waals surface area contributed by atoms with E-state index in [-0.39, 0.29) is 11.6 Å². The summed E-state index contributed by atoms with van der Waals surface area (Å²) in [6, 6.07) is 5.05. The summed E-state index contributed by atoms with van der Waals surface area (Å²) in [4.78, 5) is 14.1. The number of piperidine rings is 1. The first kappa shape index (κ1) is 14.5. The van der Waals surface area contributed by atoms with E-state index < -0.39 is 5.82 Å². The predicted octanol–water partition coefficient (Wildman–Crippen LogP) is 3.40. The number of hydrogen-bond acceptors (Lipinski definition) is 2. The molecule has 0 spiro atoms. The van der Waals surface area contributed by atoms with Crippen LogP contribution >= 0.6 is 15.9 Å². The Hall–Kier alpha value is -0.940. The van der Waals surface area contributed by atoms with Crippen molar-refractivity contribution in [2.45, 2.75) is 32.2 Å². The Balaban J connectivity index is 1.93. The number of nitrogens with zero attached hydrogens (tertiary/aromatic N) is 1. The molecule has 1 aliphatic heterocycles. The summed E-state index contributed by atoms with van der Waals surface area (Å²) in [5.74, 6) is -0.579.